The second-order valence-corrected chi connectivity index (χ2v) is 4.35. The monoisotopic (exact) mass is 237 g/mol. The van der Waals surface area contributed by atoms with Crippen molar-refractivity contribution in [1.82, 2.24) is 14.9 Å². The van der Waals surface area contributed by atoms with Gasteiger partial charge in [-0.2, -0.15) is 0 Å². The third-order valence-corrected chi connectivity index (χ3v) is 3.17. The van der Waals surface area contributed by atoms with Crippen LogP contribution in [0.25, 0.3) is 0 Å². The molecule has 1 heterocycles. The van der Waals surface area contributed by atoms with E-state index in [2.05, 4.69) is 21.8 Å². The quantitative estimate of drug-likeness (QED) is 0.748. The molecule has 1 fully saturated rings. The number of aromatic nitrogens is 2. The molecule has 2 rings (SSSR count). The van der Waals surface area contributed by atoms with Gasteiger partial charge in [0.15, 0.2) is 0 Å². The fraction of sp³-hybridized carbons (Fsp3) is 0.667. The number of carbonyl (C=O) groups excluding carboxylic acids is 1. The van der Waals surface area contributed by atoms with Crippen LogP contribution in [0, 0.1) is 5.92 Å². The lowest BCUT2D eigenvalue weighted by Gasteiger charge is -2.15. The summed E-state index contributed by atoms with van der Waals surface area (Å²) in [6, 6.07) is -0.179. The van der Waals surface area contributed by atoms with Gasteiger partial charge in [-0.05, 0) is 25.7 Å². The van der Waals surface area contributed by atoms with Crippen molar-refractivity contribution in [3.63, 3.8) is 0 Å². The zero-order chi connectivity index (χ0) is 12.3. The van der Waals surface area contributed by atoms with E-state index in [-0.39, 0.29) is 12.0 Å². The minimum absolute atomic E-state index is 0.165. The van der Waals surface area contributed by atoms with Crippen LogP contribution in [0.2, 0.25) is 0 Å². The molecular weight excluding hydrogens is 218 g/mol. The van der Waals surface area contributed by atoms with Gasteiger partial charge in [-0.1, -0.05) is 0 Å². The molecule has 1 aromatic rings. The molecule has 1 saturated carbocycles. The first-order valence-electron chi connectivity index (χ1n) is 6.07. The molecule has 0 radical (unpaired) electrons. The summed E-state index contributed by atoms with van der Waals surface area (Å²) in [5, 5.41) is 3.25. The van der Waals surface area contributed by atoms with E-state index < -0.39 is 0 Å². The van der Waals surface area contributed by atoms with Gasteiger partial charge in [0, 0.05) is 18.9 Å². The summed E-state index contributed by atoms with van der Waals surface area (Å²) in [7, 11) is 1.44. The van der Waals surface area contributed by atoms with Crippen LogP contribution < -0.4 is 5.32 Å². The highest BCUT2D eigenvalue weighted by Gasteiger charge is 2.36. The summed E-state index contributed by atoms with van der Waals surface area (Å²) in [5.41, 5.74) is 0. The molecule has 0 bridgehead atoms. The molecule has 5 heteroatoms. The average molecular weight is 237 g/mol. The van der Waals surface area contributed by atoms with Crippen molar-refractivity contribution >= 4 is 5.97 Å². The Morgan fingerprint density at radius 3 is 3.06 bits per heavy atom. The maximum absolute atomic E-state index is 11.6. The molecule has 1 aliphatic carbocycles. The third kappa shape index (κ3) is 2.85. The fourth-order valence-corrected chi connectivity index (χ4v) is 2.00. The Labute approximate surface area is 101 Å². The van der Waals surface area contributed by atoms with Crippen LogP contribution in [-0.2, 0) is 22.6 Å². The van der Waals surface area contributed by atoms with Crippen molar-refractivity contribution in [3.8, 4) is 0 Å². The predicted octanol–water partition coefficient (Wildman–Crippen LogP) is 0.944. The van der Waals surface area contributed by atoms with E-state index in [0.29, 0.717) is 12.5 Å². The van der Waals surface area contributed by atoms with Crippen LogP contribution in [0.1, 0.15) is 25.6 Å². The maximum Gasteiger partial charge on any atom is 0.323 e. The Hall–Kier alpha value is -1.36. The standard InChI is InChI=1S/C12H19N3O2/c1-3-15-7-6-13-10(15)8-14-11(9-4-5-9)12(16)17-2/h6-7,9,11,14H,3-5,8H2,1-2H3/t11-/m0/s1. The van der Waals surface area contributed by atoms with Crippen molar-refractivity contribution in [2.24, 2.45) is 5.92 Å². The summed E-state index contributed by atoms with van der Waals surface area (Å²) < 4.78 is 6.88. The smallest absolute Gasteiger partial charge is 0.323 e. The van der Waals surface area contributed by atoms with Gasteiger partial charge in [0.1, 0.15) is 11.9 Å². The highest BCUT2D eigenvalue weighted by Crippen LogP contribution is 2.33. The Morgan fingerprint density at radius 1 is 1.71 bits per heavy atom. The highest BCUT2D eigenvalue weighted by atomic mass is 16.5. The Bertz CT molecular complexity index is 385. The van der Waals surface area contributed by atoms with Crippen LogP contribution in [0.15, 0.2) is 12.4 Å². The van der Waals surface area contributed by atoms with E-state index in [9.17, 15) is 4.79 Å². The number of ether oxygens (including phenoxy) is 1. The zero-order valence-electron chi connectivity index (χ0n) is 10.3. The lowest BCUT2D eigenvalue weighted by molar-refractivity contribution is -0.143. The summed E-state index contributed by atoms with van der Waals surface area (Å²) in [4.78, 5) is 15.9. The summed E-state index contributed by atoms with van der Waals surface area (Å²) in [6.07, 6.45) is 5.94. The van der Waals surface area contributed by atoms with Crippen molar-refractivity contribution < 1.29 is 9.53 Å². The lowest BCUT2D eigenvalue weighted by atomic mass is 10.2. The third-order valence-electron chi connectivity index (χ3n) is 3.17. The minimum Gasteiger partial charge on any atom is -0.468 e. The first-order valence-corrected chi connectivity index (χ1v) is 6.07. The van der Waals surface area contributed by atoms with Crippen molar-refractivity contribution in [3.05, 3.63) is 18.2 Å². The number of imidazole rings is 1. The normalized spacial score (nSPS) is 16.8. The van der Waals surface area contributed by atoms with Gasteiger partial charge in [-0.15, -0.1) is 0 Å². The van der Waals surface area contributed by atoms with Crippen molar-refractivity contribution in [2.45, 2.75) is 38.9 Å². The van der Waals surface area contributed by atoms with Gasteiger partial charge < -0.3 is 9.30 Å². The van der Waals surface area contributed by atoms with Gasteiger partial charge in [-0.25, -0.2) is 4.98 Å². The van der Waals surface area contributed by atoms with E-state index in [1.54, 1.807) is 6.20 Å². The molecule has 1 aromatic heterocycles. The summed E-state index contributed by atoms with van der Waals surface area (Å²) >= 11 is 0. The van der Waals surface area contributed by atoms with Gasteiger partial charge >= 0.3 is 5.97 Å². The van der Waals surface area contributed by atoms with E-state index in [1.807, 2.05) is 6.20 Å². The van der Waals surface area contributed by atoms with Gasteiger partial charge in [0.05, 0.1) is 13.7 Å². The first kappa shape index (κ1) is 12.1. The van der Waals surface area contributed by atoms with Gasteiger partial charge in [-0.3, -0.25) is 10.1 Å². The van der Waals surface area contributed by atoms with Crippen molar-refractivity contribution in [1.29, 1.82) is 0 Å². The van der Waals surface area contributed by atoms with E-state index >= 15 is 0 Å². The number of methoxy groups -OCH3 is 1. The lowest BCUT2D eigenvalue weighted by Crippen LogP contribution is -2.39. The molecule has 0 amide bonds. The average Bonchev–Trinajstić information content (AvgIpc) is 3.07. The predicted molar refractivity (Wildman–Crippen MR) is 63.3 cm³/mol. The Balaban J connectivity index is 1.93. The summed E-state index contributed by atoms with van der Waals surface area (Å²) in [5.74, 6) is 1.23. The molecular formula is C12H19N3O2. The highest BCUT2D eigenvalue weighted by molar-refractivity contribution is 5.76. The van der Waals surface area contributed by atoms with E-state index in [4.69, 9.17) is 4.74 Å². The molecule has 0 spiro atoms. The summed E-state index contributed by atoms with van der Waals surface area (Å²) in [6.45, 7) is 3.57. The van der Waals surface area contributed by atoms with Crippen LogP contribution in [0.5, 0.6) is 0 Å². The molecule has 94 valence electrons. The molecule has 0 unspecified atom stereocenters. The number of nitrogens with one attached hydrogen (secondary N) is 1. The van der Waals surface area contributed by atoms with Crippen LogP contribution in [-0.4, -0.2) is 28.7 Å². The molecule has 17 heavy (non-hydrogen) atoms. The number of aryl methyl sites for hydroxylation is 1. The fourth-order valence-electron chi connectivity index (χ4n) is 2.00. The maximum atomic E-state index is 11.6. The molecule has 1 N–H and O–H groups in total. The number of nitrogens with zero attached hydrogens (tertiary/aromatic N) is 2. The number of esters is 1. The van der Waals surface area contributed by atoms with Crippen molar-refractivity contribution in [2.75, 3.05) is 7.11 Å². The first-order chi connectivity index (χ1) is 8.26. The largest absolute Gasteiger partial charge is 0.468 e. The van der Waals surface area contributed by atoms with Crippen LogP contribution >= 0.6 is 0 Å². The number of hydrogen-bond donors (Lipinski definition) is 1. The van der Waals surface area contributed by atoms with Crippen LogP contribution in [0.4, 0.5) is 0 Å². The van der Waals surface area contributed by atoms with E-state index in [0.717, 1.165) is 25.2 Å². The number of rotatable bonds is 6. The van der Waals surface area contributed by atoms with Gasteiger partial charge in [0.2, 0.25) is 0 Å². The zero-order valence-corrected chi connectivity index (χ0v) is 10.3. The molecule has 0 aliphatic heterocycles. The molecule has 0 aromatic carbocycles. The minimum atomic E-state index is -0.179. The van der Waals surface area contributed by atoms with Gasteiger partial charge in [0.25, 0.3) is 0 Å². The molecule has 0 saturated heterocycles. The molecule has 1 atom stereocenters. The second kappa shape index (κ2) is 5.31. The Morgan fingerprint density at radius 2 is 2.47 bits per heavy atom. The van der Waals surface area contributed by atoms with Crippen LogP contribution in [0.3, 0.4) is 0 Å². The SMILES string of the molecule is CCn1ccnc1CN[C@H](C(=O)OC)C1CC1. The van der Waals surface area contributed by atoms with E-state index in [1.165, 1.54) is 7.11 Å². The second-order valence-electron chi connectivity index (χ2n) is 4.35. The Kier molecular flexibility index (Phi) is 3.78. The number of hydrogen-bond acceptors (Lipinski definition) is 4. The molecule has 5 nitrogen and oxygen atoms in total. The number of carbonyl (C=O) groups is 1. The topological polar surface area (TPSA) is 56.2 Å². The molecule has 1 aliphatic rings.